The van der Waals surface area contributed by atoms with Gasteiger partial charge in [0.1, 0.15) is 6.04 Å². The summed E-state index contributed by atoms with van der Waals surface area (Å²) in [5.74, 6) is 0.0509. The van der Waals surface area contributed by atoms with Gasteiger partial charge in [0.15, 0.2) is 0 Å². The smallest absolute Gasteiger partial charge is 0.251 e. The van der Waals surface area contributed by atoms with E-state index >= 15 is 0 Å². The van der Waals surface area contributed by atoms with Crippen molar-refractivity contribution in [3.05, 3.63) is 42.0 Å². The predicted octanol–water partition coefficient (Wildman–Crippen LogP) is 1.94. The van der Waals surface area contributed by atoms with Gasteiger partial charge in [-0.2, -0.15) is 0 Å². The molecular weight excluding hydrogens is 332 g/mol. The summed E-state index contributed by atoms with van der Waals surface area (Å²) < 4.78 is 5.49. The first-order chi connectivity index (χ1) is 12.5. The number of nitrogens with one attached hydrogen (secondary N) is 2. The first-order valence-electron chi connectivity index (χ1n) is 8.72. The van der Waals surface area contributed by atoms with E-state index in [9.17, 15) is 9.59 Å². The third-order valence-corrected chi connectivity index (χ3v) is 4.01. The summed E-state index contributed by atoms with van der Waals surface area (Å²) in [5.41, 5.74) is 1.89. The lowest BCUT2D eigenvalue weighted by molar-refractivity contribution is -0.124. The van der Waals surface area contributed by atoms with Crippen molar-refractivity contribution in [1.82, 2.24) is 20.8 Å². The summed E-state index contributed by atoms with van der Waals surface area (Å²) in [6, 6.07) is 10.2. The minimum Gasteiger partial charge on any atom is -0.474 e. The molecule has 1 fully saturated rings. The summed E-state index contributed by atoms with van der Waals surface area (Å²) in [5, 5.41) is 13.8. The first kappa shape index (κ1) is 17.8. The molecule has 2 amide bonds. The summed E-state index contributed by atoms with van der Waals surface area (Å²) in [6.07, 6.45) is 1.54. The number of benzene rings is 1. The van der Waals surface area contributed by atoms with Gasteiger partial charge < -0.3 is 15.4 Å². The van der Waals surface area contributed by atoms with Gasteiger partial charge in [-0.05, 0) is 44.9 Å². The van der Waals surface area contributed by atoms with Crippen molar-refractivity contribution in [3.8, 4) is 17.1 Å². The van der Waals surface area contributed by atoms with Crippen molar-refractivity contribution in [2.24, 2.45) is 0 Å². The van der Waals surface area contributed by atoms with Gasteiger partial charge in [0, 0.05) is 23.7 Å². The van der Waals surface area contributed by atoms with E-state index in [1.165, 1.54) is 0 Å². The van der Waals surface area contributed by atoms with Crippen molar-refractivity contribution in [1.29, 1.82) is 0 Å². The number of ether oxygens (including phenoxy) is 1. The van der Waals surface area contributed by atoms with E-state index in [-0.39, 0.29) is 17.9 Å². The molecule has 1 atom stereocenters. The molecule has 0 radical (unpaired) electrons. The third kappa shape index (κ3) is 4.36. The molecule has 1 saturated heterocycles. The number of nitrogens with zero attached hydrogens (tertiary/aromatic N) is 2. The number of carbonyl (C=O) groups excluding carboxylic acids is 2. The normalized spacial score (nSPS) is 16.9. The molecule has 0 spiro atoms. The second kappa shape index (κ2) is 7.95. The number of rotatable bonds is 5. The predicted molar refractivity (Wildman–Crippen MR) is 96.7 cm³/mol. The van der Waals surface area contributed by atoms with E-state index in [0.717, 1.165) is 12.0 Å². The van der Waals surface area contributed by atoms with Crippen molar-refractivity contribution >= 4 is 11.8 Å². The second-order valence-corrected chi connectivity index (χ2v) is 6.46. The van der Waals surface area contributed by atoms with Crippen molar-refractivity contribution < 1.29 is 14.3 Å². The van der Waals surface area contributed by atoms with Crippen molar-refractivity contribution in [2.45, 2.75) is 38.8 Å². The molecule has 136 valence electrons. The molecule has 7 nitrogen and oxygen atoms in total. The molecule has 0 aliphatic carbocycles. The molecule has 0 saturated carbocycles. The topological polar surface area (TPSA) is 93.2 Å². The number of amides is 2. The van der Waals surface area contributed by atoms with Crippen LogP contribution in [0.5, 0.6) is 5.88 Å². The summed E-state index contributed by atoms with van der Waals surface area (Å²) in [4.78, 5) is 24.3. The molecule has 1 aromatic heterocycles. The Hall–Kier alpha value is -2.96. The van der Waals surface area contributed by atoms with Crippen LogP contribution in [0.1, 0.15) is 37.0 Å². The highest BCUT2D eigenvalue weighted by Crippen LogP contribution is 2.20. The van der Waals surface area contributed by atoms with Gasteiger partial charge in [0.2, 0.25) is 11.8 Å². The Morgan fingerprint density at radius 3 is 2.81 bits per heavy atom. The average molecular weight is 354 g/mol. The van der Waals surface area contributed by atoms with E-state index < -0.39 is 6.04 Å². The highest BCUT2D eigenvalue weighted by atomic mass is 16.5. The molecule has 0 bridgehead atoms. The SMILES string of the molecule is CC(C)Oc1ccc(-c2cccc(C(=O)N[C@@H]3CCCNC3=O)c2)nn1. The highest BCUT2D eigenvalue weighted by molar-refractivity contribution is 5.98. The van der Waals surface area contributed by atoms with E-state index in [1.54, 1.807) is 30.3 Å². The summed E-state index contributed by atoms with van der Waals surface area (Å²) in [6.45, 7) is 4.50. The molecule has 1 aliphatic heterocycles. The van der Waals surface area contributed by atoms with E-state index in [4.69, 9.17) is 4.74 Å². The fraction of sp³-hybridized carbons (Fsp3) is 0.368. The Bertz CT molecular complexity index is 790. The number of aromatic nitrogens is 2. The van der Waals surface area contributed by atoms with E-state index in [1.807, 2.05) is 19.9 Å². The van der Waals surface area contributed by atoms with Crippen LogP contribution in [-0.2, 0) is 4.79 Å². The van der Waals surface area contributed by atoms with Gasteiger partial charge in [-0.3, -0.25) is 9.59 Å². The van der Waals surface area contributed by atoms with Crippen LogP contribution in [0.2, 0.25) is 0 Å². The van der Waals surface area contributed by atoms with Crippen molar-refractivity contribution in [2.75, 3.05) is 6.54 Å². The molecule has 0 unspecified atom stereocenters. The van der Waals surface area contributed by atoms with Crippen LogP contribution >= 0.6 is 0 Å². The minimum absolute atomic E-state index is 0.0270. The standard InChI is InChI=1S/C19H22N4O3/c1-12(2)26-17-9-8-15(22-23-17)13-5-3-6-14(11-13)18(24)21-16-7-4-10-20-19(16)25/h3,5-6,8-9,11-12,16H,4,7,10H2,1-2H3,(H,20,25)(H,21,24)/t16-/m1/s1. The molecule has 1 aromatic carbocycles. The third-order valence-electron chi connectivity index (χ3n) is 4.01. The van der Waals surface area contributed by atoms with E-state index in [0.29, 0.717) is 30.1 Å². The minimum atomic E-state index is -0.479. The van der Waals surface area contributed by atoms with Gasteiger partial charge >= 0.3 is 0 Å². The molecule has 3 rings (SSSR count). The van der Waals surface area contributed by atoms with Gasteiger partial charge in [0.25, 0.3) is 5.91 Å². The van der Waals surface area contributed by atoms with Crippen LogP contribution in [0.3, 0.4) is 0 Å². The van der Waals surface area contributed by atoms with Crippen LogP contribution in [0.15, 0.2) is 36.4 Å². The number of piperidine rings is 1. The van der Waals surface area contributed by atoms with Crippen LogP contribution in [0.25, 0.3) is 11.3 Å². The first-order valence-corrected chi connectivity index (χ1v) is 8.72. The lowest BCUT2D eigenvalue weighted by atomic mass is 10.0. The van der Waals surface area contributed by atoms with Gasteiger partial charge in [-0.15, -0.1) is 10.2 Å². The largest absolute Gasteiger partial charge is 0.474 e. The molecule has 2 aromatic rings. The summed E-state index contributed by atoms with van der Waals surface area (Å²) in [7, 11) is 0. The maximum Gasteiger partial charge on any atom is 0.251 e. The molecule has 2 N–H and O–H groups in total. The lowest BCUT2D eigenvalue weighted by Crippen LogP contribution is -2.50. The fourth-order valence-electron chi connectivity index (χ4n) is 2.75. The number of carbonyl (C=O) groups is 2. The summed E-state index contributed by atoms with van der Waals surface area (Å²) >= 11 is 0. The number of hydrogen-bond acceptors (Lipinski definition) is 5. The fourth-order valence-corrected chi connectivity index (χ4v) is 2.75. The van der Waals surface area contributed by atoms with Crippen LogP contribution in [0.4, 0.5) is 0 Å². The Balaban J connectivity index is 1.73. The Morgan fingerprint density at radius 1 is 1.27 bits per heavy atom. The Labute approximate surface area is 152 Å². The van der Waals surface area contributed by atoms with Crippen molar-refractivity contribution in [3.63, 3.8) is 0 Å². The average Bonchev–Trinajstić information content (AvgIpc) is 2.64. The molecule has 1 aliphatic rings. The zero-order valence-corrected chi connectivity index (χ0v) is 14.9. The van der Waals surface area contributed by atoms with E-state index in [2.05, 4.69) is 20.8 Å². The van der Waals surface area contributed by atoms with Gasteiger partial charge in [-0.1, -0.05) is 12.1 Å². The molecule has 7 heteroatoms. The second-order valence-electron chi connectivity index (χ2n) is 6.46. The van der Waals surface area contributed by atoms with Crippen LogP contribution in [-0.4, -0.2) is 40.7 Å². The van der Waals surface area contributed by atoms with Gasteiger partial charge in [-0.25, -0.2) is 0 Å². The molecule has 26 heavy (non-hydrogen) atoms. The zero-order chi connectivity index (χ0) is 18.5. The highest BCUT2D eigenvalue weighted by Gasteiger charge is 2.24. The monoisotopic (exact) mass is 354 g/mol. The zero-order valence-electron chi connectivity index (χ0n) is 14.9. The number of hydrogen-bond donors (Lipinski definition) is 2. The van der Waals surface area contributed by atoms with Gasteiger partial charge in [0.05, 0.1) is 11.8 Å². The quantitative estimate of drug-likeness (QED) is 0.856. The Morgan fingerprint density at radius 2 is 2.12 bits per heavy atom. The van der Waals surface area contributed by atoms with Crippen LogP contribution in [0, 0.1) is 0 Å². The Kier molecular flexibility index (Phi) is 5.46. The molecular formula is C19H22N4O3. The maximum atomic E-state index is 12.5. The van der Waals surface area contributed by atoms with Crippen LogP contribution < -0.4 is 15.4 Å². The lowest BCUT2D eigenvalue weighted by Gasteiger charge is -2.22. The molecule has 2 heterocycles. The maximum absolute atomic E-state index is 12.5.